The van der Waals surface area contributed by atoms with Gasteiger partial charge in [0.2, 0.25) is 5.91 Å². The van der Waals surface area contributed by atoms with E-state index in [4.69, 9.17) is 0 Å². The molecule has 1 aromatic carbocycles. The maximum absolute atomic E-state index is 12.4. The Hall–Kier alpha value is -2.18. The minimum Gasteiger partial charge on any atom is -0.351 e. The molecule has 2 heterocycles. The Bertz CT molecular complexity index is 695. The van der Waals surface area contributed by atoms with E-state index < -0.39 is 0 Å². The maximum atomic E-state index is 12.4. The molecule has 1 unspecified atom stereocenters. The fourth-order valence-electron chi connectivity index (χ4n) is 2.97. The number of amides is 2. The minimum atomic E-state index is -0.192. The van der Waals surface area contributed by atoms with Gasteiger partial charge in [-0.3, -0.25) is 14.5 Å². The first-order chi connectivity index (χ1) is 12.1. The summed E-state index contributed by atoms with van der Waals surface area (Å²) in [6.07, 6.45) is 0. The number of thiophene rings is 1. The van der Waals surface area contributed by atoms with Crippen LogP contribution in [0, 0.1) is 0 Å². The zero-order chi connectivity index (χ0) is 17.6. The lowest BCUT2D eigenvalue weighted by atomic mass is 10.2. The van der Waals surface area contributed by atoms with Crippen LogP contribution >= 0.6 is 11.3 Å². The molecule has 0 bridgehead atoms. The van der Waals surface area contributed by atoms with E-state index in [1.54, 1.807) is 0 Å². The molecule has 1 N–H and O–H groups in total. The third-order valence-corrected chi connectivity index (χ3v) is 5.43. The fraction of sp³-hybridized carbons (Fsp3) is 0.368. The number of hydrogen-bond acceptors (Lipinski definition) is 4. The van der Waals surface area contributed by atoms with Crippen LogP contribution in [0.15, 0.2) is 47.8 Å². The first kappa shape index (κ1) is 17.6. The van der Waals surface area contributed by atoms with E-state index in [2.05, 4.69) is 10.2 Å². The van der Waals surface area contributed by atoms with Crippen molar-refractivity contribution in [1.29, 1.82) is 0 Å². The zero-order valence-electron chi connectivity index (χ0n) is 14.4. The Balaban J connectivity index is 1.47. The van der Waals surface area contributed by atoms with Crippen LogP contribution in [0.4, 0.5) is 0 Å². The normalized spacial score (nSPS) is 16.4. The second-order valence-corrected chi connectivity index (χ2v) is 7.13. The molecule has 25 heavy (non-hydrogen) atoms. The lowest BCUT2D eigenvalue weighted by Crippen LogP contribution is -2.54. The highest BCUT2D eigenvalue weighted by atomic mass is 32.1. The van der Waals surface area contributed by atoms with E-state index in [1.165, 1.54) is 11.3 Å². The molecule has 1 fully saturated rings. The van der Waals surface area contributed by atoms with Gasteiger partial charge in [-0.05, 0) is 23.9 Å². The van der Waals surface area contributed by atoms with Gasteiger partial charge < -0.3 is 10.2 Å². The molecule has 6 heteroatoms. The summed E-state index contributed by atoms with van der Waals surface area (Å²) in [5.41, 5.74) is 1.09. The topological polar surface area (TPSA) is 52.7 Å². The molecule has 0 aliphatic carbocycles. The quantitative estimate of drug-likeness (QED) is 0.893. The monoisotopic (exact) mass is 357 g/mol. The van der Waals surface area contributed by atoms with Crippen LogP contribution in [-0.2, 0) is 11.3 Å². The van der Waals surface area contributed by atoms with Gasteiger partial charge in [0.1, 0.15) is 0 Å². The summed E-state index contributed by atoms with van der Waals surface area (Å²) in [5, 5.41) is 4.91. The van der Waals surface area contributed by atoms with E-state index in [0.29, 0.717) is 19.6 Å². The Kier molecular flexibility index (Phi) is 5.83. The van der Waals surface area contributed by atoms with E-state index >= 15 is 0 Å². The van der Waals surface area contributed by atoms with Gasteiger partial charge in [0.25, 0.3) is 5.91 Å². The number of carbonyl (C=O) groups is 2. The van der Waals surface area contributed by atoms with Gasteiger partial charge in [-0.2, -0.15) is 0 Å². The van der Waals surface area contributed by atoms with Gasteiger partial charge in [0.05, 0.1) is 10.9 Å². The Labute approximate surface area is 152 Å². The largest absolute Gasteiger partial charge is 0.351 e. The molecular weight excluding hydrogens is 334 g/mol. The van der Waals surface area contributed by atoms with E-state index in [0.717, 1.165) is 23.5 Å². The van der Waals surface area contributed by atoms with Crippen molar-refractivity contribution in [2.24, 2.45) is 0 Å². The average Bonchev–Trinajstić information content (AvgIpc) is 3.20. The van der Waals surface area contributed by atoms with Crippen LogP contribution < -0.4 is 5.32 Å². The number of rotatable bonds is 5. The van der Waals surface area contributed by atoms with Crippen molar-refractivity contribution in [3.8, 4) is 0 Å². The molecule has 0 spiro atoms. The smallest absolute Gasteiger partial charge is 0.264 e. The molecule has 2 amide bonds. The number of nitrogens with zero attached hydrogens (tertiary/aromatic N) is 2. The molecule has 1 saturated heterocycles. The van der Waals surface area contributed by atoms with Crippen molar-refractivity contribution in [2.45, 2.75) is 19.5 Å². The molecule has 132 valence electrons. The summed E-state index contributed by atoms with van der Waals surface area (Å²) >= 11 is 1.47. The fourth-order valence-corrected chi connectivity index (χ4v) is 3.66. The Morgan fingerprint density at radius 2 is 1.80 bits per heavy atom. The molecule has 3 rings (SSSR count). The number of piperazine rings is 1. The van der Waals surface area contributed by atoms with Crippen LogP contribution in [0.5, 0.6) is 0 Å². The second-order valence-electron chi connectivity index (χ2n) is 6.18. The van der Waals surface area contributed by atoms with Gasteiger partial charge in [0.15, 0.2) is 0 Å². The lowest BCUT2D eigenvalue weighted by Gasteiger charge is -2.37. The van der Waals surface area contributed by atoms with E-state index in [1.807, 2.05) is 59.7 Å². The first-order valence-corrected chi connectivity index (χ1v) is 9.41. The molecule has 1 aliphatic rings. The summed E-state index contributed by atoms with van der Waals surface area (Å²) in [5.74, 6) is 0.123. The summed E-state index contributed by atoms with van der Waals surface area (Å²) in [6, 6.07) is 13.5. The van der Waals surface area contributed by atoms with Crippen molar-refractivity contribution in [3.63, 3.8) is 0 Å². The van der Waals surface area contributed by atoms with Crippen molar-refractivity contribution in [3.05, 3.63) is 58.3 Å². The molecular formula is C19H23N3O2S. The first-order valence-electron chi connectivity index (χ1n) is 8.53. The average molecular weight is 357 g/mol. The van der Waals surface area contributed by atoms with E-state index in [-0.39, 0.29) is 17.9 Å². The van der Waals surface area contributed by atoms with Crippen molar-refractivity contribution < 1.29 is 9.59 Å². The summed E-state index contributed by atoms with van der Waals surface area (Å²) in [6.45, 7) is 5.23. The number of carbonyl (C=O) groups excluding carboxylic acids is 2. The molecule has 0 radical (unpaired) electrons. The van der Waals surface area contributed by atoms with Crippen LogP contribution in [0.1, 0.15) is 22.2 Å². The standard InChI is InChI=1S/C19H23N3O2S/c1-15(18(23)20-14-16-6-3-2-4-7-16)21-9-11-22(12-10-21)19(24)17-8-5-13-25-17/h2-8,13,15H,9-12,14H2,1H3,(H,20,23). The number of hydrogen-bond donors (Lipinski definition) is 1. The minimum absolute atomic E-state index is 0.0295. The molecule has 5 nitrogen and oxygen atoms in total. The van der Waals surface area contributed by atoms with Crippen LogP contribution in [0.2, 0.25) is 0 Å². The summed E-state index contributed by atoms with van der Waals surface area (Å²) in [7, 11) is 0. The molecule has 1 aromatic heterocycles. The number of benzene rings is 1. The summed E-state index contributed by atoms with van der Waals surface area (Å²) in [4.78, 5) is 29.5. The number of nitrogens with one attached hydrogen (secondary N) is 1. The predicted octanol–water partition coefficient (Wildman–Crippen LogP) is 2.21. The van der Waals surface area contributed by atoms with Crippen LogP contribution in [0.3, 0.4) is 0 Å². The Morgan fingerprint density at radius 3 is 2.44 bits per heavy atom. The van der Waals surface area contributed by atoms with Gasteiger partial charge in [-0.25, -0.2) is 0 Å². The molecule has 2 aromatic rings. The van der Waals surface area contributed by atoms with Gasteiger partial charge in [-0.1, -0.05) is 36.4 Å². The highest BCUT2D eigenvalue weighted by molar-refractivity contribution is 7.12. The summed E-state index contributed by atoms with van der Waals surface area (Å²) < 4.78 is 0. The Morgan fingerprint density at radius 1 is 1.08 bits per heavy atom. The third kappa shape index (κ3) is 4.46. The SMILES string of the molecule is CC(C(=O)NCc1ccccc1)N1CCN(C(=O)c2cccs2)CC1. The third-order valence-electron chi connectivity index (χ3n) is 4.57. The lowest BCUT2D eigenvalue weighted by molar-refractivity contribution is -0.126. The highest BCUT2D eigenvalue weighted by Gasteiger charge is 2.28. The molecule has 1 aliphatic heterocycles. The van der Waals surface area contributed by atoms with E-state index in [9.17, 15) is 9.59 Å². The molecule has 0 saturated carbocycles. The van der Waals surface area contributed by atoms with Crippen LogP contribution in [0.25, 0.3) is 0 Å². The highest BCUT2D eigenvalue weighted by Crippen LogP contribution is 2.15. The molecule has 1 atom stereocenters. The predicted molar refractivity (Wildman–Crippen MR) is 99.5 cm³/mol. The second kappa shape index (κ2) is 8.27. The van der Waals surface area contributed by atoms with Crippen molar-refractivity contribution in [1.82, 2.24) is 15.1 Å². The van der Waals surface area contributed by atoms with Gasteiger partial charge in [0, 0.05) is 32.7 Å². The van der Waals surface area contributed by atoms with Crippen LogP contribution in [-0.4, -0.2) is 53.8 Å². The van der Waals surface area contributed by atoms with Crippen molar-refractivity contribution >= 4 is 23.2 Å². The van der Waals surface area contributed by atoms with Gasteiger partial charge in [-0.15, -0.1) is 11.3 Å². The van der Waals surface area contributed by atoms with Gasteiger partial charge >= 0.3 is 0 Å². The zero-order valence-corrected chi connectivity index (χ0v) is 15.2. The maximum Gasteiger partial charge on any atom is 0.264 e. The van der Waals surface area contributed by atoms with Crippen molar-refractivity contribution in [2.75, 3.05) is 26.2 Å².